The second kappa shape index (κ2) is 10.6. The summed E-state index contributed by atoms with van der Waals surface area (Å²) >= 11 is 3.20. The highest BCUT2D eigenvalue weighted by atomic mass is 32.1. The Balaban J connectivity index is 1.29. The van der Waals surface area contributed by atoms with Gasteiger partial charge in [0.15, 0.2) is 0 Å². The van der Waals surface area contributed by atoms with Crippen LogP contribution in [0.3, 0.4) is 0 Å². The number of aromatic nitrogens is 1. The van der Waals surface area contributed by atoms with E-state index in [1.807, 2.05) is 24.8 Å². The third-order valence-corrected chi connectivity index (χ3v) is 8.62. The summed E-state index contributed by atoms with van der Waals surface area (Å²) in [5.74, 6) is 0.456. The number of nitrogens with zero attached hydrogens (tertiary/aromatic N) is 2. The summed E-state index contributed by atoms with van der Waals surface area (Å²) in [4.78, 5) is 34.4. The molecule has 4 rings (SSSR count). The molecule has 1 aromatic carbocycles. The molecule has 1 aliphatic heterocycles. The first-order valence-corrected chi connectivity index (χ1v) is 13.3. The lowest BCUT2D eigenvalue weighted by Crippen LogP contribution is -2.43. The summed E-state index contributed by atoms with van der Waals surface area (Å²) in [5, 5.41) is 6.04. The third kappa shape index (κ3) is 5.71. The van der Waals surface area contributed by atoms with Crippen LogP contribution >= 0.6 is 22.7 Å². The highest BCUT2D eigenvalue weighted by Crippen LogP contribution is 2.31. The van der Waals surface area contributed by atoms with Crippen molar-refractivity contribution in [3.8, 4) is 10.6 Å². The van der Waals surface area contributed by atoms with Gasteiger partial charge in [0, 0.05) is 36.0 Å². The predicted molar refractivity (Wildman–Crippen MR) is 136 cm³/mol. The normalized spacial score (nSPS) is 15.4. The summed E-state index contributed by atoms with van der Waals surface area (Å²) in [5.41, 5.74) is 3.04. The van der Waals surface area contributed by atoms with Crippen molar-refractivity contribution in [2.75, 3.05) is 19.6 Å². The van der Waals surface area contributed by atoms with Gasteiger partial charge in [-0.3, -0.25) is 9.59 Å². The van der Waals surface area contributed by atoms with Crippen LogP contribution in [-0.4, -0.2) is 41.3 Å². The molecule has 174 valence electrons. The molecule has 0 bridgehead atoms. The van der Waals surface area contributed by atoms with Crippen molar-refractivity contribution in [2.24, 2.45) is 11.8 Å². The summed E-state index contributed by atoms with van der Waals surface area (Å²) in [6.07, 6.45) is 2.59. The molecule has 1 saturated heterocycles. The van der Waals surface area contributed by atoms with Crippen LogP contribution in [0.15, 0.2) is 41.8 Å². The van der Waals surface area contributed by atoms with Gasteiger partial charge in [0.1, 0.15) is 9.88 Å². The fraction of sp³-hybridized carbons (Fsp3) is 0.423. The molecule has 7 heteroatoms. The zero-order valence-corrected chi connectivity index (χ0v) is 21.1. The van der Waals surface area contributed by atoms with Gasteiger partial charge in [0.2, 0.25) is 5.91 Å². The fourth-order valence-electron chi connectivity index (χ4n) is 4.30. The van der Waals surface area contributed by atoms with Crippen molar-refractivity contribution in [3.63, 3.8) is 0 Å². The third-order valence-electron chi connectivity index (χ3n) is 6.49. The molecule has 1 fully saturated rings. The highest BCUT2D eigenvalue weighted by molar-refractivity contribution is 7.17. The van der Waals surface area contributed by atoms with Crippen LogP contribution in [0.5, 0.6) is 0 Å². The molecule has 1 N–H and O–H groups in total. The van der Waals surface area contributed by atoms with Crippen LogP contribution < -0.4 is 5.32 Å². The van der Waals surface area contributed by atoms with Gasteiger partial charge >= 0.3 is 0 Å². The molecule has 0 aliphatic carbocycles. The molecular formula is C26H31N3O2S2. The number of likely N-dealkylation sites (tertiary alicyclic amines) is 1. The number of amides is 2. The van der Waals surface area contributed by atoms with E-state index in [4.69, 9.17) is 0 Å². The van der Waals surface area contributed by atoms with Crippen molar-refractivity contribution in [2.45, 2.75) is 40.0 Å². The van der Waals surface area contributed by atoms with Crippen LogP contribution in [0.1, 0.15) is 45.6 Å². The zero-order chi connectivity index (χ0) is 23.4. The molecule has 0 radical (unpaired) electrons. The van der Waals surface area contributed by atoms with Crippen molar-refractivity contribution in [3.05, 3.63) is 62.8 Å². The number of benzene rings is 1. The van der Waals surface area contributed by atoms with Gasteiger partial charge in [0.05, 0.1) is 5.69 Å². The molecule has 1 aliphatic rings. The van der Waals surface area contributed by atoms with Crippen LogP contribution in [0, 0.1) is 25.7 Å². The Morgan fingerprint density at radius 3 is 2.55 bits per heavy atom. The van der Waals surface area contributed by atoms with E-state index in [1.165, 1.54) is 21.8 Å². The number of nitrogens with one attached hydrogen (secondary N) is 1. The number of rotatable bonds is 7. The molecule has 0 unspecified atom stereocenters. The summed E-state index contributed by atoms with van der Waals surface area (Å²) < 4.78 is 0. The van der Waals surface area contributed by atoms with Gasteiger partial charge < -0.3 is 10.2 Å². The Kier molecular flexibility index (Phi) is 7.60. The molecule has 1 atom stereocenters. The molecule has 2 aromatic heterocycles. The first kappa shape index (κ1) is 23.6. The molecule has 2 amide bonds. The Morgan fingerprint density at radius 1 is 1.15 bits per heavy atom. The van der Waals surface area contributed by atoms with E-state index in [2.05, 4.69) is 52.9 Å². The lowest BCUT2D eigenvalue weighted by atomic mass is 9.84. The van der Waals surface area contributed by atoms with Crippen molar-refractivity contribution >= 4 is 34.5 Å². The number of thiazole rings is 1. The summed E-state index contributed by atoms with van der Waals surface area (Å²) in [6.45, 7) is 8.04. The van der Waals surface area contributed by atoms with Crippen molar-refractivity contribution in [1.29, 1.82) is 0 Å². The smallest absolute Gasteiger partial charge is 0.265 e. The van der Waals surface area contributed by atoms with Gasteiger partial charge in [-0.15, -0.1) is 22.7 Å². The van der Waals surface area contributed by atoms with E-state index < -0.39 is 0 Å². The van der Waals surface area contributed by atoms with Gasteiger partial charge in [-0.2, -0.15) is 0 Å². The molecule has 3 aromatic rings. The SMILES string of the molecule is Cc1ccc(-c2nc(C)c(C(=O)N3CCC([C@H](C)C(=O)NCCc4cccs4)CC3)s2)cc1. The number of thiophene rings is 1. The average Bonchev–Trinajstić information content (AvgIpc) is 3.48. The van der Waals surface area contributed by atoms with E-state index in [0.29, 0.717) is 25.6 Å². The average molecular weight is 482 g/mol. The number of hydrogen-bond donors (Lipinski definition) is 1. The minimum absolute atomic E-state index is 0.0381. The van der Waals surface area contributed by atoms with Crippen LogP contribution in [-0.2, 0) is 11.2 Å². The lowest BCUT2D eigenvalue weighted by molar-refractivity contribution is -0.126. The quantitative estimate of drug-likeness (QED) is 0.496. The Hall–Kier alpha value is -2.51. The molecular weight excluding hydrogens is 450 g/mol. The van der Waals surface area contributed by atoms with Crippen molar-refractivity contribution < 1.29 is 9.59 Å². The Labute approximate surface area is 203 Å². The molecule has 33 heavy (non-hydrogen) atoms. The van der Waals surface area contributed by atoms with Gasteiger partial charge in [-0.05, 0) is 50.5 Å². The maximum Gasteiger partial charge on any atom is 0.265 e. The fourth-order valence-corrected chi connectivity index (χ4v) is 6.05. The molecule has 0 spiro atoms. The van der Waals surface area contributed by atoms with E-state index in [9.17, 15) is 9.59 Å². The predicted octanol–water partition coefficient (Wildman–Crippen LogP) is 5.34. The van der Waals surface area contributed by atoms with Crippen LogP contribution in [0.2, 0.25) is 0 Å². The van der Waals surface area contributed by atoms with E-state index in [0.717, 1.165) is 40.4 Å². The summed E-state index contributed by atoms with van der Waals surface area (Å²) in [7, 11) is 0. The standard InChI is InChI=1S/C26H31N3O2S2/c1-17-6-8-21(9-7-17)25-28-19(3)23(33-25)26(31)29-14-11-20(12-15-29)18(2)24(30)27-13-10-22-5-4-16-32-22/h4-9,16,18,20H,10-15H2,1-3H3,(H,27,30)/t18-/m0/s1. The number of aryl methyl sites for hydroxylation is 2. The maximum atomic E-state index is 13.2. The second-order valence-electron chi connectivity index (χ2n) is 8.84. The molecule has 3 heterocycles. The largest absolute Gasteiger partial charge is 0.356 e. The summed E-state index contributed by atoms with van der Waals surface area (Å²) in [6, 6.07) is 12.4. The number of hydrogen-bond acceptors (Lipinski definition) is 5. The van der Waals surface area contributed by atoms with Crippen LogP contribution in [0.4, 0.5) is 0 Å². The second-order valence-corrected chi connectivity index (χ2v) is 10.9. The Bertz CT molecular complexity index is 1080. The lowest BCUT2D eigenvalue weighted by Gasteiger charge is -2.34. The monoisotopic (exact) mass is 481 g/mol. The first-order chi connectivity index (χ1) is 15.9. The first-order valence-electron chi connectivity index (χ1n) is 11.6. The minimum Gasteiger partial charge on any atom is -0.356 e. The number of carbonyl (C=O) groups is 2. The van der Waals surface area contributed by atoms with Gasteiger partial charge in [0.25, 0.3) is 5.91 Å². The minimum atomic E-state index is -0.0381. The van der Waals surface area contributed by atoms with Crippen LogP contribution in [0.25, 0.3) is 10.6 Å². The van der Waals surface area contributed by atoms with Gasteiger partial charge in [-0.25, -0.2) is 4.98 Å². The topological polar surface area (TPSA) is 62.3 Å². The number of carbonyl (C=O) groups excluding carboxylic acids is 2. The van der Waals surface area contributed by atoms with Crippen molar-refractivity contribution in [1.82, 2.24) is 15.2 Å². The zero-order valence-electron chi connectivity index (χ0n) is 19.5. The molecule has 5 nitrogen and oxygen atoms in total. The number of piperidine rings is 1. The van der Waals surface area contributed by atoms with E-state index in [-0.39, 0.29) is 17.7 Å². The van der Waals surface area contributed by atoms with E-state index >= 15 is 0 Å². The highest BCUT2D eigenvalue weighted by Gasteiger charge is 2.31. The van der Waals surface area contributed by atoms with Gasteiger partial charge in [-0.1, -0.05) is 42.8 Å². The molecule has 0 saturated carbocycles. The van der Waals surface area contributed by atoms with E-state index in [1.54, 1.807) is 11.3 Å². The maximum absolute atomic E-state index is 13.2. The Morgan fingerprint density at radius 2 is 1.88 bits per heavy atom.